The largest absolute Gasteiger partial charge is 0.488 e. The van der Waals surface area contributed by atoms with E-state index < -0.39 is 19.0 Å². The first-order valence-electron chi connectivity index (χ1n) is 16.1. The molecular formula is C28H73B6Cl4N7O4. The van der Waals surface area contributed by atoms with Crippen molar-refractivity contribution in [2.45, 2.75) is 92.0 Å². The lowest BCUT2D eigenvalue weighted by molar-refractivity contribution is 0.00578. The highest BCUT2D eigenvalue weighted by Gasteiger charge is 2.63. The average molecular weight is 779 g/mol. The van der Waals surface area contributed by atoms with Gasteiger partial charge in [-0.3, -0.25) is 0 Å². The predicted octanol–water partition coefficient (Wildman–Crippen LogP) is 4.79. The smallest absolute Gasteiger partial charge is 0.405 e. The molecule has 2 heterocycles. The third-order valence-corrected chi connectivity index (χ3v) is 9.28. The van der Waals surface area contributed by atoms with Gasteiger partial charge >= 0.3 is 39.5 Å². The summed E-state index contributed by atoms with van der Waals surface area (Å²) in [6, 6.07) is 0. The molecule has 0 saturated carbocycles. The minimum atomic E-state index is -0.750. The number of hydrogen-bond donors (Lipinski definition) is 0. The fourth-order valence-corrected chi connectivity index (χ4v) is 4.31. The number of rotatable bonds is 8. The molecule has 0 radical (unpaired) electrons. The van der Waals surface area contributed by atoms with Crippen LogP contribution in [-0.4, -0.2) is 194 Å². The summed E-state index contributed by atoms with van der Waals surface area (Å²) < 4.78 is 23.8. The van der Waals surface area contributed by atoms with Gasteiger partial charge in [-0.15, -0.1) is 11.5 Å². The standard InChI is InChI=1S/C12H24B2O4.C6H18BN3.C5H15BN2.C4H12BClN2.CH4.BCl3/c1-9(2)10(3,4)16-13(15-9)14-17-11(5,6)12(7,8)18-14;1-8(2)7(9(3)4)10(5)6;1-6(7(2)3)8(4)5;1-7(2)5(6)8(3)4;;2-1(3)4/h1-8H3;1-6H3;1-5H3;1-4H3;1H4;. The van der Waals surface area contributed by atoms with Crippen molar-refractivity contribution in [3.8, 4) is 0 Å². The summed E-state index contributed by atoms with van der Waals surface area (Å²) in [5, 5.41) is 0. The van der Waals surface area contributed by atoms with Crippen molar-refractivity contribution >= 4 is 85.3 Å². The van der Waals surface area contributed by atoms with E-state index in [0.717, 1.165) is 0 Å². The predicted molar refractivity (Wildman–Crippen MR) is 227 cm³/mol. The van der Waals surface area contributed by atoms with Crippen molar-refractivity contribution in [2.24, 2.45) is 0 Å². The lowest BCUT2D eigenvalue weighted by Crippen LogP contribution is -2.55. The van der Waals surface area contributed by atoms with Gasteiger partial charge < -0.3 is 52.3 Å². The molecule has 0 aliphatic carbocycles. The van der Waals surface area contributed by atoms with Gasteiger partial charge in [0.1, 0.15) is 0 Å². The molecule has 2 saturated heterocycles. The molecular weight excluding hydrogens is 705 g/mol. The van der Waals surface area contributed by atoms with E-state index in [0.29, 0.717) is 14.1 Å². The van der Waals surface area contributed by atoms with E-state index in [4.69, 9.17) is 64.5 Å². The molecule has 2 aliphatic heterocycles. The fourth-order valence-electron chi connectivity index (χ4n) is 4.31. The van der Waals surface area contributed by atoms with Crippen LogP contribution in [0.25, 0.3) is 0 Å². The summed E-state index contributed by atoms with van der Waals surface area (Å²) >= 11 is 20.2. The third-order valence-electron chi connectivity index (χ3n) is 8.50. The summed E-state index contributed by atoms with van der Waals surface area (Å²) in [6.45, 7) is 18.9. The molecule has 0 amide bonds. The average Bonchev–Trinajstić information content (AvgIpc) is 3.22. The van der Waals surface area contributed by atoms with Gasteiger partial charge in [0.05, 0.1) is 22.4 Å². The van der Waals surface area contributed by atoms with Crippen LogP contribution >= 0.6 is 45.8 Å². The molecule has 0 spiro atoms. The number of nitrogens with zero attached hydrogens (tertiary/aromatic N) is 7. The molecule has 2 rings (SSSR count). The zero-order valence-corrected chi connectivity index (χ0v) is 37.8. The highest BCUT2D eigenvalue weighted by Crippen LogP contribution is 2.42. The van der Waals surface area contributed by atoms with Crippen LogP contribution < -0.4 is 0 Å². The van der Waals surface area contributed by atoms with Crippen molar-refractivity contribution in [1.29, 1.82) is 0 Å². The molecule has 2 aliphatic rings. The Labute approximate surface area is 326 Å². The first kappa shape index (κ1) is 56.8. The first-order chi connectivity index (χ1) is 21.2. The molecule has 0 unspecified atom stereocenters. The molecule has 0 aromatic carbocycles. The molecule has 290 valence electrons. The van der Waals surface area contributed by atoms with E-state index in [1.165, 1.54) is 0 Å². The fraction of sp³-hybridized carbons (Fsp3) is 1.00. The Morgan fingerprint density at radius 1 is 0.408 bits per heavy atom. The second kappa shape index (κ2) is 24.5. The first-order valence-corrected chi connectivity index (χ1v) is 17.9. The van der Waals surface area contributed by atoms with Gasteiger partial charge in [0, 0.05) is 0 Å². The summed E-state index contributed by atoms with van der Waals surface area (Å²) in [5.41, 5.74) is -1.44. The van der Waals surface area contributed by atoms with Crippen molar-refractivity contribution in [2.75, 3.05) is 98.7 Å². The van der Waals surface area contributed by atoms with Crippen LogP contribution in [0, 0.1) is 0 Å². The van der Waals surface area contributed by atoms with Gasteiger partial charge in [0.25, 0.3) is 0 Å². The maximum absolute atomic E-state index is 5.96. The second-order valence-corrected chi connectivity index (χ2v) is 17.9. The molecule has 49 heavy (non-hydrogen) atoms. The van der Waals surface area contributed by atoms with Gasteiger partial charge in [-0.25, -0.2) is 0 Å². The Morgan fingerprint density at radius 2 is 0.592 bits per heavy atom. The van der Waals surface area contributed by atoms with Crippen LogP contribution in [-0.2, 0) is 18.6 Å². The van der Waals surface area contributed by atoms with Crippen LogP contribution in [0.1, 0.15) is 62.8 Å². The maximum Gasteiger partial charge on any atom is 0.488 e. The Morgan fingerprint density at radius 3 is 0.653 bits per heavy atom. The topological polar surface area (TPSA) is 59.6 Å². The van der Waals surface area contributed by atoms with Crippen molar-refractivity contribution in [1.82, 2.24) is 33.7 Å². The van der Waals surface area contributed by atoms with Crippen LogP contribution in [0.2, 0.25) is 6.82 Å². The van der Waals surface area contributed by atoms with E-state index >= 15 is 0 Å². The Hall–Kier alpha value is 1.11. The Bertz CT molecular complexity index is 748. The van der Waals surface area contributed by atoms with Crippen LogP contribution in [0.5, 0.6) is 0 Å². The Balaban J connectivity index is -0.000000282. The maximum atomic E-state index is 5.96. The van der Waals surface area contributed by atoms with Gasteiger partial charge in [0.15, 0.2) is 0 Å². The number of halogens is 4. The quantitative estimate of drug-likeness (QED) is 0.320. The molecule has 21 heteroatoms. The minimum absolute atomic E-state index is 0. The molecule has 0 bridgehead atoms. The molecule has 0 aromatic heterocycles. The summed E-state index contributed by atoms with van der Waals surface area (Å²) in [7, 11) is 27.9. The van der Waals surface area contributed by atoms with Gasteiger partial charge in [-0.1, -0.05) is 14.2 Å². The van der Waals surface area contributed by atoms with Gasteiger partial charge in [-0.05, 0) is 154 Å². The van der Waals surface area contributed by atoms with Crippen LogP contribution in [0.3, 0.4) is 0 Å². The summed E-state index contributed by atoms with van der Waals surface area (Å²) in [5.74, 6) is 0. The Kier molecular flexibility index (Phi) is 28.4. The normalized spacial score (nSPS) is 18.2. The zero-order valence-electron chi connectivity index (χ0n) is 34.7. The van der Waals surface area contributed by atoms with Crippen molar-refractivity contribution < 1.29 is 18.6 Å². The molecule has 0 N–H and O–H groups in total. The van der Waals surface area contributed by atoms with Crippen LogP contribution in [0.15, 0.2) is 0 Å². The van der Waals surface area contributed by atoms with Crippen LogP contribution in [0.4, 0.5) is 0 Å². The number of hydrogen-bond acceptors (Lipinski definition) is 11. The summed E-state index contributed by atoms with van der Waals surface area (Å²) in [4.78, 5) is 13.9. The van der Waals surface area contributed by atoms with Crippen molar-refractivity contribution in [3.63, 3.8) is 0 Å². The molecule has 0 atom stereocenters. The van der Waals surface area contributed by atoms with Crippen molar-refractivity contribution in [3.05, 3.63) is 0 Å². The van der Waals surface area contributed by atoms with E-state index in [9.17, 15) is 0 Å². The molecule has 2 fully saturated rings. The highest BCUT2D eigenvalue weighted by atomic mass is 35.6. The monoisotopic (exact) mass is 778 g/mol. The summed E-state index contributed by atoms with van der Waals surface area (Å²) in [6.07, 6.45) is 0.00926. The third kappa shape index (κ3) is 21.6. The molecule has 11 nitrogen and oxygen atoms in total. The lowest BCUT2D eigenvalue weighted by atomic mass is 9.49. The van der Waals surface area contributed by atoms with E-state index in [2.05, 4.69) is 101 Å². The van der Waals surface area contributed by atoms with E-state index in [1.54, 1.807) is 0 Å². The van der Waals surface area contributed by atoms with E-state index in [-0.39, 0.29) is 36.2 Å². The minimum Gasteiger partial charge on any atom is -0.405 e. The van der Waals surface area contributed by atoms with Gasteiger partial charge in [-0.2, -0.15) is 34.4 Å². The van der Waals surface area contributed by atoms with E-state index in [1.807, 2.05) is 93.2 Å². The lowest BCUT2D eigenvalue weighted by Gasteiger charge is -2.32. The SMILES string of the molecule is C.CB(N(C)C)N(C)C.CC1(C)OB(B2OC(C)(C)C(C)(C)O2)OC1(C)C.CN(C)B(Cl)N(C)C.CN(C)B(N(C)C)N(C)C.ClB(Cl)Cl. The second-order valence-electron chi connectivity index (χ2n) is 15.5. The highest BCUT2D eigenvalue weighted by molar-refractivity contribution is 7.54. The van der Waals surface area contributed by atoms with Gasteiger partial charge in [0.2, 0.25) is 0 Å². The zero-order chi connectivity index (χ0) is 39.3. The molecule has 0 aromatic rings.